The van der Waals surface area contributed by atoms with Gasteiger partial charge in [0.1, 0.15) is 5.56 Å². The van der Waals surface area contributed by atoms with E-state index in [2.05, 4.69) is 15.1 Å². The fourth-order valence-corrected chi connectivity index (χ4v) is 3.40. The number of anilines is 1. The highest BCUT2D eigenvalue weighted by Crippen LogP contribution is 2.31. The molecule has 0 aliphatic carbocycles. The molecule has 3 saturated heterocycles. The molecule has 0 saturated carbocycles. The van der Waals surface area contributed by atoms with Crippen LogP contribution in [0.5, 0.6) is 0 Å². The lowest BCUT2D eigenvalue weighted by molar-refractivity contribution is -0.385. The molecular weight excluding hydrogens is 284 g/mol. The minimum Gasteiger partial charge on any atom is -0.367 e. The summed E-state index contributed by atoms with van der Waals surface area (Å²) in [6.45, 7) is 4.06. The molecule has 0 atom stereocenters. The van der Waals surface area contributed by atoms with Crippen LogP contribution in [0.1, 0.15) is 23.2 Å². The van der Waals surface area contributed by atoms with Crippen molar-refractivity contribution in [2.45, 2.75) is 18.9 Å². The van der Waals surface area contributed by atoms with Crippen LogP contribution >= 0.6 is 0 Å². The van der Waals surface area contributed by atoms with Crippen LogP contribution in [0.4, 0.5) is 11.4 Å². The predicted octanol–water partition coefficient (Wildman–Crippen LogP) is 1.24. The number of carbonyl (C=O) groups is 1. The summed E-state index contributed by atoms with van der Waals surface area (Å²) < 4.78 is 0. The summed E-state index contributed by atoms with van der Waals surface area (Å²) in [5.74, 6) is -0.429. The van der Waals surface area contributed by atoms with Gasteiger partial charge < -0.3 is 15.1 Å². The zero-order chi connectivity index (χ0) is 15.7. The highest BCUT2D eigenvalue weighted by Gasteiger charge is 2.30. The smallest absolute Gasteiger partial charge is 0.284 e. The van der Waals surface area contributed by atoms with Crippen molar-refractivity contribution in [2.75, 3.05) is 38.1 Å². The largest absolute Gasteiger partial charge is 0.367 e. The zero-order valence-corrected chi connectivity index (χ0v) is 12.6. The summed E-state index contributed by atoms with van der Waals surface area (Å²) in [7, 11) is 1.47. The highest BCUT2D eigenvalue weighted by molar-refractivity contribution is 5.98. The number of benzene rings is 1. The molecule has 2 bridgehead atoms. The van der Waals surface area contributed by atoms with Gasteiger partial charge in [0.05, 0.1) is 4.92 Å². The van der Waals surface area contributed by atoms with E-state index in [4.69, 9.17) is 0 Å². The lowest BCUT2D eigenvalue weighted by atomic mass is 10.0. The van der Waals surface area contributed by atoms with Crippen LogP contribution < -0.4 is 10.2 Å². The van der Waals surface area contributed by atoms with Gasteiger partial charge in [-0.15, -0.1) is 0 Å². The molecule has 22 heavy (non-hydrogen) atoms. The first-order valence-corrected chi connectivity index (χ1v) is 7.59. The van der Waals surface area contributed by atoms with Gasteiger partial charge in [0.15, 0.2) is 0 Å². The Morgan fingerprint density at radius 1 is 1.27 bits per heavy atom. The van der Waals surface area contributed by atoms with E-state index in [-0.39, 0.29) is 11.3 Å². The summed E-state index contributed by atoms with van der Waals surface area (Å²) in [5.41, 5.74) is 0.822. The fourth-order valence-electron chi connectivity index (χ4n) is 3.40. The maximum Gasteiger partial charge on any atom is 0.284 e. The number of hydrogen-bond donors (Lipinski definition) is 1. The molecular formula is C15H20N4O3. The molecule has 1 N–H and O–H groups in total. The molecule has 118 valence electrons. The number of nitrogens with one attached hydrogen (secondary N) is 1. The molecule has 3 fully saturated rings. The van der Waals surface area contributed by atoms with Gasteiger partial charge in [-0.05, 0) is 25.0 Å². The topological polar surface area (TPSA) is 78.7 Å². The third kappa shape index (κ3) is 2.64. The second-order valence-corrected chi connectivity index (χ2v) is 5.80. The molecule has 1 aromatic rings. The number of nitrogens with zero attached hydrogens (tertiary/aromatic N) is 3. The van der Waals surface area contributed by atoms with Crippen molar-refractivity contribution >= 4 is 17.3 Å². The Morgan fingerprint density at radius 2 is 2.00 bits per heavy atom. The first-order chi connectivity index (χ1) is 10.6. The van der Waals surface area contributed by atoms with Gasteiger partial charge in [0, 0.05) is 51.0 Å². The van der Waals surface area contributed by atoms with E-state index < -0.39 is 10.8 Å². The maximum absolute atomic E-state index is 11.8. The van der Waals surface area contributed by atoms with Crippen LogP contribution in [-0.4, -0.2) is 55.0 Å². The molecule has 3 heterocycles. The van der Waals surface area contributed by atoms with Gasteiger partial charge in [0.2, 0.25) is 0 Å². The van der Waals surface area contributed by atoms with E-state index >= 15 is 0 Å². The first kappa shape index (κ1) is 14.8. The minimum absolute atomic E-state index is 0.110. The van der Waals surface area contributed by atoms with Crippen LogP contribution in [0.2, 0.25) is 0 Å². The molecule has 0 unspecified atom stereocenters. The van der Waals surface area contributed by atoms with Gasteiger partial charge in [-0.3, -0.25) is 14.9 Å². The molecule has 7 heteroatoms. The summed E-state index contributed by atoms with van der Waals surface area (Å²) in [6, 6.07) is 5.36. The van der Waals surface area contributed by atoms with Gasteiger partial charge in [-0.1, -0.05) is 0 Å². The van der Waals surface area contributed by atoms with Crippen molar-refractivity contribution in [2.24, 2.45) is 0 Å². The first-order valence-electron chi connectivity index (χ1n) is 7.59. The van der Waals surface area contributed by atoms with Gasteiger partial charge in [-0.2, -0.15) is 0 Å². The molecule has 0 spiro atoms. The van der Waals surface area contributed by atoms with Gasteiger partial charge >= 0.3 is 0 Å². The summed E-state index contributed by atoms with van der Waals surface area (Å²) in [6.07, 6.45) is 2.18. The summed E-state index contributed by atoms with van der Waals surface area (Å²) in [5, 5.41) is 13.8. The van der Waals surface area contributed by atoms with Gasteiger partial charge in [0.25, 0.3) is 11.6 Å². The van der Waals surface area contributed by atoms with Crippen molar-refractivity contribution in [3.05, 3.63) is 33.9 Å². The Morgan fingerprint density at radius 3 is 2.64 bits per heavy atom. The average Bonchev–Trinajstić information content (AvgIpc) is 2.87. The van der Waals surface area contributed by atoms with Gasteiger partial charge in [-0.25, -0.2) is 0 Å². The SMILES string of the molecule is CNC(=O)c1ccc(N2CCN3CCC2CC3)cc1[N+](=O)[O-]. The number of rotatable bonds is 3. The van der Waals surface area contributed by atoms with Crippen LogP contribution in [0.25, 0.3) is 0 Å². The van der Waals surface area contributed by atoms with E-state index in [1.807, 2.05) is 6.07 Å². The van der Waals surface area contributed by atoms with E-state index in [1.54, 1.807) is 12.1 Å². The number of carbonyl (C=O) groups excluding carboxylic acids is 1. The minimum atomic E-state index is -0.479. The molecule has 0 radical (unpaired) electrons. The number of piperidine rings is 1. The fraction of sp³-hybridized carbons (Fsp3) is 0.533. The number of amides is 1. The number of hydrogen-bond acceptors (Lipinski definition) is 5. The summed E-state index contributed by atoms with van der Waals surface area (Å²) in [4.78, 5) is 27.3. The van der Waals surface area contributed by atoms with Crippen molar-refractivity contribution in [1.29, 1.82) is 0 Å². The van der Waals surface area contributed by atoms with E-state index in [9.17, 15) is 14.9 Å². The third-order valence-electron chi connectivity index (χ3n) is 4.64. The Kier molecular flexibility index (Phi) is 3.98. The Hall–Kier alpha value is -2.15. The molecule has 3 aliphatic heterocycles. The van der Waals surface area contributed by atoms with Crippen LogP contribution in [0.3, 0.4) is 0 Å². The van der Waals surface area contributed by atoms with Crippen molar-refractivity contribution < 1.29 is 9.72 Å². The zero-order valence-electron chi connectivity index (χ0n) is 12.6. The number of fused-ring (bicyclic) bond motifs is 4. The monoisotopic (exact) mass is 304 g/mol. The van der Waals surface area contributed by atoms with E-state index in [0.29, 0.717) is 6.04 Å². The Balaban J connectivity index is 1.95. The second-order valence-electron chi connectivity index (χ2n) is 5.80. The second kappa shape index (κ2) is 5.92. The molecule has 3 aliphatic rings. The number of nitro benzene ring substituents is 1. The normalized spacial score (nSPS) is 24.0. The summed E-state index contributed by atoms with van der Waals surface area (Å²) >= 11 is 0. The van der Waals surface area contributed by atoms with Crippen LogP contribution in [0.15, 0.2) is 18.2 Å². The molecule has 1 aromatic carbocycles. The van der Waals surface area contributed by atoms with E-state index in [1.165, 1.54) is 7.05 Å². The molecule has 7 nitrogen and oxygen atoms in total. The Bertz CT molecular complexity index is 596. The van der Waals surface area contributed by atoms with Crippen LogP contribution in [0, 0.1) is 10.1 Å². The molecule has 0 aromatic heterocycles. The molecule has 1 amide bonds. The highest BCUT2D eigenvalue weighted by atomic mass is 16.6. The standard InChI is InChI=1S/C15H20N4O3/c1-16-15(20)13-3-2-12(10-14(13)19(21)22)18-9-8-17-6-4-11(18)5-7-17/h2-3,10-11H,4-9H2,1H3,(H,16,20). The van der Waals surface area contributed by atoms with Crippen molar-refractivity contribution in [3.63, 3.8) is 0 Å². The third-order valence-corrected chi connectivity index (χ3v) is 4.64. The lowest BCUT2D eigenvalue weighted by Crippen LogP contribution is -2.38. The predicted molar refractivity (Wildman–Crippen MR) is 83.3 cm³/mol. The van der Waals surface area contributed by atoms with E-state index in [0.717, 1.165) is 44.7 Å². The lowest BCUT2D eigenvalue weighted by Gasteiger charge is -2.33. The Labute approximate surface area is 129 Å². The van der Waals surface area contributed by atoms with Crippen LogP contribution in [-0.2, 0) is 0 Å². The van der Waals surface area contributed by atoms with Crippen molar-refractivity contribution in [3.8, 4) is 0 Å². The quantitative estimate of drug-likeness (QED) is 0.671. The number of nitro groups is 1. The van der Waals surface area contributed by atoms with Crippen molar-refractivity contribution in [1.82, 2.24) is 10.2 Å². The molecule has 4 rings (SSSR count). The maximum atomic E-state index is 11.8. The average molecular weight is 304 g/mol.